The van der Waals surface area contributed by atoms with E-state index in [-0.39, 0.29) is 18.4 Å². The van der Waals surface area contributed by atoms with E-state index in [2.05, 4.69) is 4.99 Å². The van der Waals surface area contributed by atoms with Gasteiger partial charge in [-0.25, -0.2) is 4.79 Å². The van der Waals surface area contributed by atoms with Gasteiger partial charge in [-0.2, -0.15) is 0 Å². The van der Waals surface area contributed by atoms with Crippen LogP contribution >= 0.6 is 0 Å². The first-order valence-corrected chi connectivity index (χ1v) is 6.96. The molecule has 1 aromatic rings. The molecule has 1 N–H and O–H groups in total. The van der Waals surface area contributed by atoms with Gasteiger partial charge in [0.1, 0.15) is 12.4 Å². The second kappa shape index (κ2) is 7.53. The molecule has 5 nitrogen and oxygen atoms in total. The Labute approximate surface area is 118 Å². The van der Waals surface area contributed by atoms with Gasteiger partial charge >= 0.3 is 6.09 Å². The molecular formula is C15H20N2O3. The van der Waals surface area contributed by atoms with Gasteiger partial charge in [0.05, 0.1) is 6.54 Å². The summed E-state index contributed by atoms with van der Waals surface area (Å²) in [6.07, 6.45) is 4.74. The Morgan fingerprint density at radius 1 is 1.35 bits per heavy atom. The van der Waals surface area contributed by atoms with Crippen LogP contribution in [0.3, 0.4) is 0 Å². The number of amides is 1. The molecule has 0 atom stereocenters. The fraction of sp³-hybridized carbons (Fsp3) is 0.467. The number of aromatic hydroxyl groups is 1. The topological polar surface area (TPSA) is 62.1 Å². The van der Waals surface area contributed by atoms with Gasteiger partial charge in [0.2, 0.25) is 0 Å². The van der Waals surface area contributed by atoms with Crippen LogP contribution in [0, 0.1) is 0 Å². The quantitative estimate of drug-likeness (QED) is 0.678. The molecule has 5 heteroatoms. The van der Waals surface area contributed by atoms with E-state index < -0.39 is 0 Å². The number of carbonyl (C=O) groups is 1. The molecule has 0 unspecified atom stereocenters. The summed E-state index contributed by atoms with van der Waals surface area (Å²) in [5.41, 5.74) is 0.826. The number of carbonyl (C=O) groups excluding carboxylic acids is 1. The molecule has 0 bridgehead atoms. The lowest BCUT2D eigenvalue weighted by molar-refractivity contribution is 0.0978. The van der Waals surface area contributed by atoms with Gasteiger partial charge in [-0.3, -0.25) is 4.99 Å². The zero-order valence-electron chi connectivity index (χ0n) is 11.5. The number of ether oxygens (including phenoxy) is 1. The van der Waals surface area contributed by atoms with E-state index in [1.54, 1.807) is 29.3 Å². The molecule has 1 saturated heterocycles. The zero-order chi connectivity index (χ0) is 14.2. The minimum atomic E-state index is -0.239. The summed E-state index contributed by atoms with van der Waals surface area (Å²) in [6.45, 7) is 2.30. The standard InChI is InChI=1S/C15H20N2O3/c18-14-6-4-5-13(11-14)12-16-7-10-20-15(19)17-8-2-1-3-9-17/h4-6,11-12,18H,1-3,7-10H2. The normalized spacial score (nSPS) is 15.5. The van der Waals surface area contributed by atoms with Crippen molar-refractivity contribution in [2.45, 2.75) is 19.3 Å². The third kappa shape index (κ3) is 4.57. The molecular weight excluding hydrogens is 256 g/mol. The molecule has 20 heavy (non-hydrogen) atoms. The fourth-order valence-corrected chi connectivity index (χ4v) is 2.13. The lowest BCUT2D eigenvalue weighted by atomic mass is 10.1. The SMILES string of the molecule is O=C(OCCN=Cc1cccc(O)c1)N1CCCCC1. The number of aliphatic imine (C=N–C) groups is 1. The molecule has 1 aliphatic rings. The van der Waals surface area contributed by atoms with E-state index in [4.69, 9.17) is 4.74 Å². The summed E-state index contributed by atoms with van der Waals surface area (Å²) in [6, 6.07) is 6.84. The maximum atomic E-state index is 11.7. The molecule has 0 radical (unpaired) electrons. The van der Waals surface area contributed by atoms with Crippen LogP contribution in [-0.4, -0.2) is 48.6 Å². The van der Waals surface area contributed by atoms with Crippen LogP contribution in [0.5, 0.6) is 5.75 Å². The molecule has 1 aliphatic heterocycles. The van der Waals surface area contributed by atoms with Gasteiger partial charge in [0.15, 0.2) is 0 Å². The maximum Gasteiger partial charge on any atom is 0.409 e. The van der Waals surface area contributed by atoms with Crippen molar-refractivity contribution in [1.29, 1.82) is 0 Å². The molecule has 0 aromatic heterocycles. The van der Waals surface area contributed by atoms with Crippen LogP contribution in [0.1, 0.15) is 24.8 Å². The second-order valence-corrected chi connectivity index (χ2v) is 4.79. The smallest absolute Gasteiger partial charge is 0.409 e. The molecule has 2 rings (SSSR count). The van der Waals surface area contributed by atoms with Crippen molar-refractivity contribution in [1.82, 2.24) is 4.90 Å². The average molecular weight is 276 g/mol. The van der Waals surface area contributed by atoms with Gasteiger partial charge < -0.3 is 14.7 Å². The molecule has 0 aliphatic carbocycles. The van der Waals surface area contributed by atoms with Crippen molar-refractivity contribution in [3.8, 4) is 5.75 Å². The minimum Gasteiger partial charge on any atom is -0.508 e. The van der Waals surface area contributed by atoms with E-state index in [0.29, 0.717) is 6.54 Å². The predicted molar refractivity (Wildman–Crippen MR) is 77.3 cm³/mol. The van der Waals surface area contributed by atoms with Crippen molar-refractivity contribution in [3.63, 3.8) is 0 Å². The van der Waals surface area contributed by atoms with Gasteiger partial charge in [-0.1, -0.05) is 12.1 Å². The van der Waals surface area contributed by atoms with E-state index in [0.717, 1.165) is 31.5 Å². The molecule has 0 spiro atoms. The number of hydrogen-bond acceptors (Lipinski definition) is 4. The minimum absolute atomic E-state index is 0.213. The van der Waals surface area contributed by atoms with Crippen LogP contribution in [-0.2, 0) is 4.74 Å². The number of benzene rings is 1. The first kappa shape index (κ1) is 14.4. The third-order valence-corrected chi connectivity index (χ3v) is 3.17. The van der Waals surface area contributed by atoms with Crippen LogP contribution < -0.4 is 0 Å². The van der Waals surface area contributed by atoms with Crippen molar-refractivity contribution in [2.24, 2.45) is 4.99 Å². The zero-order valence-corrected chi connectivity index (χ0v) is 11.5. The number of hydrogen-bond donors (Lipinski definition) is 1. The Balaban J connectivity index is 1.67. The highest BCUT2D eigenvalue weighted by atomic mass is 16.6. The largest absolute Gasteiger partial charge is 0.508 e. The molecule has 1 heterocycles. The number of phenols is 1. The number of nitrogens with zero attached hydrogens (tertiary/aromatic N) is 2. The Bertz CT molecular complexity index is 468. The van der Waals surface area contributed by atoms with E-state index in [1.165, 1.54) is 6.42 Å². The van der Waals surface area contributed by atoms with E-state index in [9.17, 15) is 9.90 Å². The van der Waals surface area contributed by atoms with E-state index >= 15 is 0 Å². The maximum absolute atomic E-state index is 11.7. The highest BCUT2D eigenvalue weighted by Crippen LogP contribution is 2.10. The van der Waals surface area contributed by atoms with Crippen molar-refractivity contribution in [2.75, 3.05) is 26.2 Å². The van der Waals surface area contributed by atoms with E-state index in [1.807, 2.05) is 6.07 Å². The fourth-order valence-electron chi connectivity index (χ4n) is 2.13. The molecule has 1 amide bonds. The number of piperidine rings is 1. The molecule has 1 aromatic carbocycles. The first-order chi connectivity index (χ1) is 9.75. The summed E-state index contributed by atoms with van der Waals surface area (Å²) in [4.78, 5) is 17.6. The average Bonchev–Trinajstić information content (AvgIpc) is 2.48. The van der Waals surface area contributed by atoms with Crippen molar-refractivity contribution in [3.05, 3.63) is 29.8 Å². The number of likely N-dealkylation sites (tertiary alicyclic amines) is 1. The Morgan fingerprint density at radius 3 is 2.90 bits per heavy atom. The summed E-state index contributed by atoms with van der Waals surface area (Å²) in [5.74, 6) is 0.213. The van der Waals surface area contributed by atoms with Crippen LogP contribution in [0.2, 0.25) is 0 Å². The third-order valence-electron chi connectivity index (χ3n) is 3.17. The lowest BCUT2D eigenvalue weighted by Crippen LogP contribution is -2.36. The Morgan fingerprint density at radius 2 is 2.15 bits per heavy atom. The van der Waals surface area contributed by atoms with Crippen LogP contribution in [0.15, 0.2) is 29.3 Å². The summed E-state index contributed by atoms with van der Waals surface area (Å²) in [5, 5.41) is 9.30. The second-order valence-electron chi connectivity index (χ2n) is 4.79. The summed E-state index contributed by atoms with van der Waals surface area (Å²) in [7, 11) is 0. The molecule has 0 saturated carbocycles. The van der Waals surface area contributed by atoms with Gasteiger partial charge in [0, 0.05) is 19.3 Å². The van der Waals surface area contributed by atoms with Gasteiger partial charge in [-0.05, 0) is 37.0 Å². The Kier molecular flexibility index (Phi) is 5.41. The first-order valence-electron chi connectivity index (χ1n) is 6.96. The number of phenolic OH excluding ortho intramolecular Hbond substituents is 1. The highest BCUT2D eigenvalue weighted by Gasteiger charge is 2.16. The van der Waals surface area contributed by atoms with Gasteiger partial charge in [0.25, 0.3) is 0 Å². The highest BCUT2D eigenvalue weighted by molar-refractivity contribution is 5.80. The molecule has 1 fully saturated rings. The van der Waals surface area contributed by atoms with Crippen molar-refractivity contribution >= 4 is 12.3 Å². The van der Waals surface area contributed by atoms with Gasteiger partial charge in [-0.15, -0.1) is 0 Å². The predicted octanol–water partition coefficient (Wildman–Crippen LogP) is 2.43. The lowest BCUT2D eigenvalue weighted by Gasteiger charge is -2.25. The monoisotopic (exact) mass is 276 g/mol. The van der Waals surface area contributed by atoms with Crippen molar-refractivity contribution < 1.29 is 14.6 Å². The summed E-state index contributed by atoms with van der Waals surface area (Å²) >= 11 is 0. The Hall–Kier alpha value is -2.04. The van der Waals surface area contributed by atoms with Crippen LogP contribution in [0.25, 0.3) is 0 Å². The number of rotatable bonds is 4. The molecule has 108 valence electrons. The summed E-state index contributed by atoms with van der Waals surface area (Å²) < 4.78 is 5.17. The van der Waals surface area contributed by atoms with Crippen LogP contribution in [0.4, 0.5) is 4.79 Å².